The van der Waals surface area contributed by atoms with Gasteiger partial charge < -0.3 is 5.73 Å². The van der Waals surface area contributed by atoms with Gasteiger partial charge in [0, 0.05) is 0 Å². The Kier molecular flexibility index (Phi) is 4.05. The molecule has 0 amide bonds. The number of anilines is 1. The van der Waals surface area contributed by atoms with Gasteiger partial charge in [-0.2, -0.15) is 0 Å². The van der Waals surface area contributed by atoms with Crippen molar-refractivity contribution in [3.05, 3.63) is 29.3 Å². The van der Waals surface area contributed by atoms with E-state index >= 15 is 0 Å². The number of aryl methyl sites for hydroxylation is 2. The van der Waals surface area contributed by atoms with E-state index in [0.717, 1.165) is 18.5 Å². The lowest BCUT2D eigenvalue weighted by Gasteiger charge is -2.22. The minimum absolute atomic E-state index is 0.200. The topological polar surface area (TPSA) is 55.3 Å². The van der Waals surface area contributed by atoms with Gasteiger partial charge in [0.1, 0.15) is 0 Å². The van der Waals surface area contributed by atoms with Crippen molar-refractivity contribution in [2.45, 2.75) is 26.7 Å². The highest BCUT2D eigenvalue weighted by Gasteiger charge is 2.12. The Morgan fingerprint density at radius 1 is 1.27 bits per heavy atom. The van der Waals surface area contributed by atoms with Crippen LogP contribution in [-0.4, -0.2) is 5.11 Å². The number of benzene rings is 1. The van der Waals surface area contributed by atoms with Crippen molar-refractivity contribution in [2.24, 2.45) is 11.6 Å². The van der Waals surface area contributed by atoms with Crippen molar-refractivity contribution in [1.29, 1.82) is 0 Å². The van der Waals surface area contributed by atoms with Crippen LogP contribution in [-0.2, 0) is 12.8 Å². The fourth-order valence-corrected chi connectivity index (χ4v) is 1.73. The predicted molar refractivity (Wildman–Crippen MR) is 68.6 cm³/mol. The summed E-state index contributed by atoms with van der Waals surface area (Å²) in [7, 11) is 0. The molecular formula is C11H17N3S. The third kappa shape index (κ3) is 2.46. The number of para-hydroxylation sites is 1. The van der Waals surface area contributed by atoms with Gasteiger partial charge in [0.15, 0.2) is 5.11 Å². The summed E-state index contributed by atoms with van der Waals surface area (Å²) in [6, 6.07) is 6.13. The quantitative estimate of drug-likeness (QED) is 0.465. The van der Waals surface area contributed by atoms with Crippen LogP contribution in [0.4, 0.5) is 5.69 Å². The Labute approximate surface area is 96.0 Å². The maximum absolute atomic E-state index is 5.86. The largest absolute Gasteiger partial charge is 0.375 e. The molecule has 3 nitrogen and oxygen atoms in total. The summed E-state index contributed by atoms with van der Waals surface area (Å²) in [4.78, 5) is 0. The number of hydrogen-bond donors (Lipinski definition) is 2. The van der Waals surface area contributed by atoms with E-state index in [2.05, 4.69) is 13.8 Å². The highest BCUT2D eigenvalue weighted by molar-refractivity contribution is 7.80. The third-order valence-corrected chi connectivity index (χ3v) is 2.64. The SMILES string of the molecule is CCc1cccc(CC)c1N(N)C(N)=S. The van der Waals surface area contributed by atoms with E-state index in [1.165, 1.54) is 16.1 Å². The lowest BCUT2D eigenvalue weighted by Crippen LogP contribution is -2.42. The lowest BCUT2D eigenvalue weighted by molar-refractivity contribution is 1.02. The second kappa shape index (κ2) is 5.09. The lowest BCUT2D eigenvalue weighted by atomic mass is 10.0. The van der Waals surface area contributed by atoms with Gasteiger partial charge in [-0.15, -0.1) is 0 Å². The molecule has 0 aliphatic rings. The van der Waals surface area contributed by atoms with Gasteiger partial charge in [0.05, 0.1) is 5.69 Å². The summed E-state index contributed by atoms with van der Waals surface area (Å²) in [6.07, 6.45) is 1.83. The van der Waals surface area contributed by atoms with Gasteiger partial charge in [-0.3, -0.25) is 5.01 Å². The van der Waals surface area contributed by atoms with Crippen LogP contribution in [0.25, 0.3) is 0 Å². The smallest absolute Gasteiger partial charge is 0.185 e. The molecule has 15 heavy (non-hydrogen) atoms. The van der Waals surface area contributed by atoms with Crippen LogP contribution in [0.3, 0.4) is 0 Å². The molecule has 0 saturated heterocycles. The fraction of sp³-hybridized carbons (Fsp3) is 0.364. The van der Waals surface area contributed by atoms with Crippen LogP contribution in [0.2, 0.25) is 0 Å². The standard InChI is InChI=1S/C11H17N3S/c1-3-8-6-5-7-9(4-2)10(8)14(13)11(12)15/h5-7H,3-4,13H2,1-2H3,(H2,12,15). The van der Waals surface area contributed by atoms with E-state index < -0.39 is 0 Å². The molecule has 0 aliphatic heterocycles. The van der Waals surface area contributed by atoms with Gasteiger partial charge in [-0.05, 0) is 36.2 Å². The first-order valence-corrected chi connectivity index (χ1v) is 5.47. The fourth-order valence-electron chi connectivity index (χ4n) is 1.63. The van der Waals surface area contributed by atoms with Crippen molar-refractivity contribution in [2.75, 3.05) is 5.01 Å². The maximum Gasteiger partial charge on any atom is 0.185 e. The monoisotopic (exact) mass is 223 g/mol. The molecule has 82 valence electrons. The third-order valence-electron chi connectivity index (χ3n) is 2.44. The average Bonchev–Trinajstić information content (AvgIpc) is 2.26. The molecule has 0 spiro atoms. The Bertz CT molecular complexity index is 341. The van der Waals surface area contributed by atoms with Gasteiger partial charge >= 0.3 is 0 Å². The molecule has 0 aliphatic carbocycles. The Hall–Kier alpha value is -1.13. The molecule has 0 fully saturated rings. The summed E-state index contributed by atoms with van der Waals surface area (Å²) in [5.74, 6) is 5.86. The summed E-state index contributed by atoms with van der Waals surface area (Å²) >= 11 is 4.89. The first kappa shape index (κ1) is 11.9. The normalized spacial score (nSPS) is 10.1. The molecule has 0 bridgehead atoms. The number of hydrogen-bond acceptors (Lipinski definition) is 2. The molecule has 0 heterocycles. The number of thiocarbonyl (C=S) groups is 1. The minimum atomic E-state index is 0.200. The number of rotatable bonds is 3. The zero-order valence-corrected chi connectivity index (χ0v) is 9.97. The molecular weight excluding hydrogens is 206 g/mol. The van der Waals surface area contributed by atoms with Crippen molar-refractivity contribution >= 4 is 23.0 Å². The second-order valence-electron chi connectivity index (χ2n) is 3.34. The summed E-state index contributed by atoms with van der Waals surface area (Å²) in [5.41, 5.74) is 8.84. The van der Waals surface area contributed by atoms with E-state index in [1.807, 2.05) is 18.2 Å². The highest BCUT2D eigenvalue weighted by atomic mass is 32.1. The van der Waals surface area contributed by atoms with Crippen molar-refractivity contribution in [3.63, 3.8) is 0 Å². The molecule has 1 aromatic carbocycles. The molecule has 1 aromatic rings. The number of nitrogens with zero attached hydrogens (tertiary/aromatic N) is 1. The van der Waals surface area contributed by atoms with E-state index in [9.17, 15) is 0 Å². The van der Waals surface area contributed by atoms with E-state index in [1.54, 1.807) is 0 Å². The Morgan fingerprint density at radius 2 is 1.73 bits per heavy atom. The average molecular weight is 223 g/mol. The van der Waals surface area contributed by atoms with Crippen molar-refractivity contribution in [3.8, 4) is 0 Å². The van der Waals surface area contributed by atoms with Crippen LogP contribution in [0, 0.1) is 0 Å². The number of nitrogens with two attached hydrogens (primary N) is 2. The maximum atomic E-state index is 5.86. The molecule has 4 heteroatoms. The Balaban J connectivity index is 3.27. The minimum Gasteiger partial charge on any atom is -0.375 e. The van der Waals surface area contributed by atoms with E-state index in [-0.39, 0.29) is 5.11 Å². The van der Waals surface area contributed by atoms with Crippen LogP contribution in [0.15, 0.2) is 18.2 Å². The van der Waals surface area contributed by atoms with Crippen LogP contribution < -0.4 is 16.6 Å². The summed E-state index contributed by atoms with van der Waals surface area (Å²) < 4.78 is 0. The van der Waals surface area contributed by atoms with Gasteiger partial charge in [-0.25, -0.2) is 5.84 Å². The van der Waals surface area contributed by atoms with E-state index in [0.29, 0.717) is 0 Å². The van der Waals surface area contributed by atoms with Crippen LogP contribution in [0.1, 0.15) is 25.0 Å². The van der Waals surface area contributed by atoms with E-state index in [4.69, 9.17) is 23.8 Å². The van der Waals surface area contributed by atoms with Gasteiger partial charge in [-0.1, -0.05) is 32.0 Å². The van der Waals surface area contributed by atoms with Crippen molar-refractivity contribution in [1.82, 2.24) is 0 Å². The summed E-state index contributed by atoms with van der Waals surface area (Å²) in [6.45, 7) is 4.18. The van der Waals surface area contributed by atoms with Crippen LogP contribution in [0.5, 0.6) is 0 Å². The van der Waals surface area contributed by atoms with Crippen molar-refractivity contribution < 1.29 is 0 Å². The molecule has 0 aromatic heterocycles. The molecule has 0 saturated carbocycles. The molecule has 0 unspecified atom stereocenters. The predicted octanol–water partition coefficient (Wildman–Crippen LogP) is 1.74. The molecule has 4 N–H and O–H groups in total. The summed E-state index contributed by atoms with van der Waals surface area (Å²) in [5, 5.41) is 1.60. The highest BCUT2D eigenvalue weighted by Crippen LogP contribution is 2.24. The first-order chi connectivity index (χ1) is 7.11. The second-order valence-corrected chi connectivity index (χ2v) is 3.76. The van der Waals surface area contributed by atoms with Crippen LogP contribution >= 0.6 is 12.2 Å². The molecule has 1 rings (SSSR count). The zero-order chi connectivity index (χ0) is 11.4. The zero-order valence-electron chi connectivity index (χ0n) is 9.16. The van der Waals surface area contributed by atoms with Gasteiger partial charge in [0.25, 0.3) is 0 Å². The first-order valence-electron chi connectivity index (χ1n) is 5.06. The number of hydrazine groups is 1. The Morgan fingerprint density at radius 3 is 2.07 bits per heavy atom. The van der Waals surface area contributed by atoms with Gasteiger partial charge in [0.2, 0.25) is 0 Å². The molecule has 0 radical (unpaired) electrons. The molecule has 0 atom stereocenters.